The van der Waals surface area contributed by atoms with E-state index in [0.29, 0.717) is 0 Å². The van der Waals surface area contributed by atoms with Gasteiger partial charge in [0, 0.05) is 0 Å². The standard InChI is InChI=1S/C2H5Cl2PSe/c1-2-5(3,4)6/h2H2,1H3. The van der Waals surface area contributed by atoms with Crippen LogP contribution in [0.4, 0.5) is 0 Å². The molecule has 0 bridgehead atoms. The Morgan fingerprint density at radius 2 is 1.83 bits per heavy atom. The van der Waals surface area contributed by atoms with Gasteiger partial charge < -0.3 is 0 Å². The van der Waals surface area contributed by atoms with Gasteiger partial charge in [-0.05, 0) is 0 Å². The minimum atomic E-state index is -1.58. The third-order valence-electron chi connectivity index (χ3n) is 0.368. The Morgan fingerprint density at radius 3 is 1.83 bits per heavy atom. The van der Waals surface area contributed by atoms with E-state index in [1.165, 1.54) is 0 Å². The third-order valence-corrected chi connectivity index (χ3v) is 4.16. The van der Waals surface area contributed by atoms with Gasteiger partial charge in [0.25, 0.3) is 0 Å². The van der Waals surface area contributed by atoms with Crippen molar-refractivity contribution in [3.05, 3.63) is 0 Å². The summed E-state index contributed by atoms with van der Waals surface area (Å²) in [5.41, 5.74) is 0. The van der Waals surface area contributed by atoms with Crippen LogP contribution in [0.5, 0.6) is 0 Å². The molecule has 0 atom stereocenters. The van der Waals surface area contributed by atoms with Gasteiger partial charge in [-0.25, -0.2) is 0 Å². The molecule has 38 valence electrons. The minimum absolute atomic E-state index is 0.857. The summed E-state index contributed by atoms with van der Waals surface area (Å²) >= 11 is 13.8. The van der Waals surface area contributed by atoms with E-state index in [-0.39, 0.29) is 0 Å². The van der Waals surface area contributed by atoms with Crippen LogP contribution in [0, 0.1) is 0 Å². The molecule has 0 nitrogen and oxygen atoms in total. The Kier molecular flexibility index (Phi) is 3.44. The summed E-state index contributed by atoms with van der Waals surface area (Å²) in [6.45, 7) is 1.96. The van der Waals surface area contributed by atoms with E-state index < -0.39 is 4.21 Å². The average molecular weight is 210 g/mol. The van der Waals surface area contributed by atoms with Crippen LogP contribution in [0.1, 0.15) is 6.92 Å². The second kappa shape index (κ2) is 2.74. The first-order chi connectivity index (χ1) is 2.56. The van der Waals surface area contributed by atoms with Gasteiger partial charge in [0.2, 0.25) is 0 Å². The van der Waals surface area contributed by atoms with Gasteiger partial charge >= 0.3 is 54.9 Å². The molecule has 0 aromatic heterocycles. The first-order valence-corrected chi connectivity index (χ1v) is 7.54. The first-order valence-electron chi connectivity index (χ1n) is 1.54. The fourth-order valence-corrected chi connectivity index (χ4v) is 0. The molecule has 0 rings (SSSR count). The van der Waals surface area contributed by atoms with Gasteiger partial charge in [-0.1, -0.05) is 0 Å². The van der Waals surface area contributed by atoms with Crippen LogP contribution in [0.2, 0.25) is 0 Å². The van der Waals surface area contributed by atoms with Crippen molar-refractivity contribution < 1.29 is 0 Å². The van der Waals surface area contributed by atoms with Gasteiger partial charge in [0.1, 0.15) is 0 Å². The Bertz CT molecular complexity index is 75.6. The Hall–Kier alpha value is 1.53. The van der Waals surface area contributed by atoms with E-state index in [9.17, 15) is 0 Å². The maximum atomic E-state index is 5.54. The molecule has 0 fully saturated rings. The second-order valence-electron chi connectivity index (χ2n) is 0.886. The fraction of sp³-hybridized carbons (Fsp3) is 1.00. The molecule has 0 aromatic carbocycles. The average Bonchev–Trinajstić information content (AvgIpc) is 1.35. The molecule has 0 aromatic rings. The van der Waals surface area contributed by atoms with Crippen molar-refractivity contribution in [2.45, 2.75) is 6.92 Å². The molecule has 0 unspecified atom stereocenters. The zero-order valence-electron chi connectivity index (χ0n) is 3.32. The topological polar surface area (TPSA) is 0 Å². The molecule has 0 saturated carbocycles. The molecule has 0 aliphatic rings. The molecule has 0 N–H and O–H groups in total. The number of hydrogen-bond donors (Lipinski definition) is 0. The van der Waals surface area contributed by atoms with Crippen LogP contribution in [-0.2, 0) is 0 Å². The first kappa shape index (κ1) is 7.53. The molecule has 0 saturated heterocycles. The van der Waals surface area contributed by atoms with Crippen LogP contribution in [0.25, 0.3) is 0 Å². The quantitative estimate of drug-likeness (QED) is 0.460. The number of rotatable bonds is 1. The zero-order valence-corrected chi connectivity index (χ0v) is 7.44. The van der Waals surface area contributed by atoms with Crippen molar-refractivity contribution in [3.63, 3.8) is 0 Å². The summed E-state index contributed by atoms with van der Waals surface area (Å²) in [6.07, 6.45) is 0.857. The van der Waals surface area contributed by atoms with Crippen molar-refractivity contribution in [2.75, 3.05) is 6.16 Å². The summed E-state index contributed by atoms with van der Waals surface area (Å²) in [4.78, 5) is 0. The number of halogens is 2. The molecule has 6 heavy (non-hydrogen) atoms. The monoisotopic (exact) mass is 210 g/mol. The van der Waals surface area contributed by atoms with E-state index in [0.717, 1.165) is 6.16 Å². The van der Waals surface area contributed by atoms with Crippen molar-refractivity contribution in [1.29, 1.82) is 0 Å². The van der Waals surface area contributed by atoms with Crippen LogP contribution >= 0.6 is 26.7 Å². The van der Waals surface area contributed by atoms with E-state index in [1.54, 1.807) is 0 Å². The van der Waals surface area contributed by atoms with Crippen LogP contribution < -0.4 is 0 Å². The third kappa shape index (κ3) is 5.53. The van der Waals surface area contributed by atoms with Crippen molar-refractivity contribution in [2.24, 2.45) is 0 Å². The molecule has 0 radical (unpaired) electrons. The molecular formula is C2H5Cl2PSe. The van der Waals surface area contributed by atoms with Crippen LogP contribution in [0.3, 0.4) is 0 Å². The maximum absolute atomic E-state index is 5.54. The van der Waals surface area contributed by atoms with Crippen LogP contribution in [0.15, 0.2) is 0 Å². The van der Waals surface area contributed by atoms with E-state index in [4.69, 9.17) is 22.5 Å². The van der Waals surface area contributed by atoms with Crippen molar-refractivity contribution in [1.82, 2.24) is 0 Å². The van der Waals surface area contributed by atoms with Gasteiger partial charge in [0.15, 0.2) is 0 Å². The summed E-state index contributed by atoms with van der Waals surface area (Å²) in [5.74, 6) is 0. The van der Waals surface area contributed by atoms with Gasteiger partial charge in [-0.15, -0.1) is 0 Å². The molecule has 0 aliphatic carbocycles. The zero-order chi connectivity index (χ0) is 5.21. The SMILES string of the molecule is CCP(Cl)(Cl)=[Se]. The summed E-state index contributed by atoms with van der Waals surface area (Å²) < 4.78 is -1.58. The molecule has 4 heteroatoms. The molecular weight excluding hydrogens is 205 g/mol. The summed E-state index contributed by atoms with van der Waals surface area (Å²) in [5, 5.41) is 0. The van der Waals surface area contributed by atoms with Crippen molar-refractivity contribution in [3.8, 4) is 0 Å². The van der Waals surface area contributed by atoms with Crippen LogP contribution in [-0.4, -0.2) is 21.3 Å². The summed E-state index contributed by atoms with van der Waals surface area (Å²) in [6, 6.07) is 0. The van der Waals surface area contributed by atoms with Gasteiger partial charge in [0.05, 0.1) is 0 Å². The Morgan fingerprint density at radius 1 is 1.67 bits per heavy atom. The summed E-state index contributed by atoms with van der Waals surface area (Å²) in [7, 11) is 0. The van der Waals surface area contributed by atoms with Gasteiger partial charge in [-0.3, -0.25) is 0 Å². The van der Waals surface area contributed by atoms with E-state index >= 15 is 0 Å². The molecule has 0 aliphatic heterocycles. The van der Waals surface area contributed by atoms with Crippen molar-refractivity contribution >= 4 is 41.8 Å². The fourth-order valence-electron chi connectivity index (χ4n) is 0. The van der Waals surface area contributed by atoms with E-state index in [1.807, 2.05) is 6.92 Å². The Balaban J connectivity index is 3.48. The van der Waals surface area contributed by atoms with Gasteiger partial charge in [-0.2, -0.15) is 0 Å². The van der Waals surface area contributed by atoms with E-state index in [2.05, 4.69) is 15.1 Å². The second-order valence-corrected chi connectivity index (χ2v) is 13.3. The number of hydrogen-bond acceptors (Lipinski definition) is 0. The molecule has 0 heterocycles. The molecule has 0 amide bonds. The molecule has 0 spiro atoms. The normalized spacial score (nSPS) is 11.8. The Labute approximate surface area is 55.0 Å². The predicted octanol–water partition coefficient (Wildman–Crippen LogP) is 2.42. The predicted molar refractivity (Wildman–Crippen MR) is 34.9 cm³/mol.